The molecule has 1 aliphatic rings. The zero-order chi connectivity index (χ0) is 15.7. The maximum Gasteiger partial charge on any atom is 0.256 e. The van der Waals surface area contributed by atoms with Gasteiger partial charge in [-0.2, -0.15) is 0 Å². The summed E-state index contributed by atoms with van der Waals surface area (Å²) < 4.78 is 4.86. The number of amides is 1. The number of aromatic nitrogens is 1. The summed E-state index contributed by atoms with van der Waals surface area (Å²) >= 11 is 0. The second kappa shape index (κ2) is 5.81. The fraction of sp³-hybridized carbons (Fsp3) is 0.375. The number of fused-ring (bicyclic) bond motifs is 1. The Morgan fingerprint density at radius 3 is 3.09 bits per heavy atom. The quantitative estimate of drug-likeness (QED) is 0.893. The summed E-state index contributed by atoms with van der Waals surface area (Å²) in [6.45, 7) is 2.83. The summed E-state index contributed by atoms with van der Waals surface area (Å²) in [7, 11) is 2.06. The highest BCUT2D eigenvalue weighted by Gasteiger charge is 2.19. The van der Waals surface area contributed by atoms with Crippen LogP contribution in [0.4, 0.5) is 5.69 Å². The molecule has 2 aromatic rings. The third kappa shape index (κ3) is 2.69. The molecule has 6 heteroatoms. The van der Waals surface area contributed by atoms with Gasteiger partial charge in [0.05, 0.1) is 12.3 Å². The number of carbonyl (C=O) groups is 1. The van der Waals surface area contributed by atoms with Crippen LogP contribution in [0.2, 0.25) is 0 Å². The van der Waals surface area contributed by atoms with Crippen molar-refractivity contribution in [2.75, 3.05) is 25.0 Å². The molecule has 1 unspecified atom stereocenters. The molecule has 2 N–H and O–H groups in total. The monoisotopic (exact) mass is 301 g/mol. The van der Waals surface area contributed by atoms with Crippen molar-refractivity contribution in [3.63, 3.8) is 0 Å². The lowest BCUT2D eigenvalue weighted by molar-refractivity contribution is 0.0915. The molecule has 2 heterocycles. The first-order valence-corrected chi connectivity index (χ1v) is 7.28. The van der Waals surface area contributed by atoms with E-state index in [-0.39, 0.29) is 12.5 Å². The smallest absolute Gasteiger partial charge is 0.256 e. The Morgan fingerprint density at radius 2 is 2.36 bits per heavy atom. The van der Waals surface area contributed by atoms with Crippen molar-refractivity contribution in [3.8, 4) is 0 Å². The number of anilines is 1. The molecule has 1 aliphatic heterocycles. The molecule has 1 amide bonds. The van der Waals surface area contributed by atoms with Crippen LogP contribution in [0.1, 0.15) is 33.3 Å². The van der Waals surface area contributed by atoms with E-state index in [0.29, 0.717) is 11.3 Å². The van der Waals surface area contributed by atoms with E-state index in [1.165, 1.54) is 17.4 Å². The fourth-order valence-electron chi connectivity index (χ4n) is 2.71. The zero-order valence-electron chi connectivity index (χ0n) is 12.7. The molecule has 0 saturated carbocycles. The van der Waals surface area contributed by atoms with Crippen LogP contribution in [-0.2, 0) is 6.42 Å². The average molecular weight is 301 g/mol. The molecule has 0 radical (unpaired) electrons. The van der Waals surface area contributed by atoms with Crippen LogP contribution >= 0.6 is 0 Å². The van der Waals surface area contributed by atoms with Gasteiger partial charge in [-0.3, -0.25) is 4.79 Å². The van der Waals surface area contributed by atoms with Gasteiger partial charge in [-0.05, 0) is 30.5 Å². The molecule has 116 valence electrons. The Labute approximate surface area is 128 Å². The minimum Gasteiger partial charge on any atom is -0.387 e. The molecule has 3 rings (SSSR count). The van der Waals surface area contributed by atoms with E-state index in [2.05, 4.69) is 22.4 Å². The number of rotatable bonds is 4. The van der Waals surface area contributed by atoms with Crippen molar-refractivity contribution in [1.29, 1.82) is 0 Å². The van der Waals surface area contributed by atoms with Crippen LogP contribution < -0.4 is 10.2 Å². The fourth-order valence-corrected chi connectivity index (χ4v) is 2.71. The first kappa shape index (κ1) is 14.6. The molecular formula is C16H19N3O3. The molecule has 0 saturated heterocycles. The maximum absolute atomic E-state index is 12.0. The first-order chi connectivity index (χ1) is 10.6. The minimum absolute atomic E-state index is 0.151. The van der Waals surface area contributed by atoms with Gasteiger partial charge in [0.1, 0.15) is 11.3 Å². The van der Waals surface area contributed by atoms with Crippen LogP contribution in [-0.4, -0.2) is 36.3 Å². The number of benzene rings is 1. The Bertz CT molecular complexity index is 696. The van der Waals surface area contributed by atoms with Crippen LogP contribution in [0, 0.1) is 6.92 Å². The van der Waals surface area contributed by atoms with Gasteiger partial charge in [-0.15, -0.1) is 0 Å². The number of hydrogen-bond donors (Lipinski definition) is 2. The second-order valence-electron chi connectivity index (χ2n) is 5.58. The lowest BCUT2D eigenvalue weighted by Crippen LogP contribution is -2.28. The third-order valence-electron chi connectivity index (χ3n) is 4.07. The average Bonchev–Trinajstić information content (AvgIpc) is 3.10. The van der Waals surface area contributed by atoms with Crippen molar-refractivity contribution in [1.82, 2.24) is 10.5 Å². The van der Waals surface area contributed by atoms with Crippen molar-refractivity contribution in [2.45, 2.75) is 19.4 Å². The van der Waals surface area contributed by atoms with Gasteiger partial charge in [0.25, 0.3) is 5.91 Å². The van der Waals surface area contributed by atoms with Gasteiger partial charge in [-0.1, -0.05) is 17.3 Å². The highest BCUT2D eigenvalue weighted by atomic mass is 16.5. The Kier molecular flexibility index (Phi) is 3.85. The Balaban J connectivity index is 1.64. The van der Waals surface area contributed by atoms with Crippen LogP contribution in [0.15, 0.2) is 28.9 Å². The molecule has 22 heavy (non-hydrogen) atoms. The predicted molar refractivity (Wildman–Crippen MR) is 81.9 cm³/mol. The van der Waals surface area contributed by atoms with Gasteiger partial charge in [0.2, 0.25) is 0 Å². The summed E-state index contributed by atoms with van der Waals surface area (Å²) in [5.41, 5.74) is 3.65. The normalized spacial score (nSPS) is 14.8. The zero-order valence-corrected chi connectivity index (χ0v) is 12.7. The number of hydrogen-bond acceptors (Lipinski definition) is 5. The number of carbonyl (C=O) groups excluding carboxylic acids is 1. The highest BCUT2D eigenvalue weighted by molar-refractivity contribution is 5.94. The van der Waals surface area contributed by atoms with Crippen molar-refractivity contribution >= 4 is 11.6 Å². The van der Waals surface area contributed by atoms with Crippen LogP contribution in [0.3, 0.4) is 0 Å². The summed E-state index contributed by atoms with van der Waals surface area (Å²) in [5.74, 6) is 0.172. The van der Waals surface area contributed by atoms with E-state index in [0.717, 1.165) is 18.5 Å². The standard InChI is InChI=1S/C16H19N3O3/c1-10-13(8-18-22-10)16(21)17-9-15(20)12-3-4-14-11(7-12)5-6-19(14)2/h3-4,7-8,15,20H,5-6,9H2,1-2H3,(H,17,21). The molecule has 1 aromatic carbocycles. The van der Waals surface area contributed by atoms with Crippen LogP contribution in [0.25, 0.3) is 0 Å². The van der Waals surface area contributed by atoms with Gasteiger partial charge < -0.3 is 19.8 Å². The number of nitrogens with one attached hydrogen (secondary N) is 1. The van der Waals surface area contributed by atoms with Crippen molar-refractivity contribution < 1.29 is 14.4 Å². The third-order valence-corrected chi connectivity index (χ3v) is 4.07. The first-order valence-electron chi connectivity index (χ1n) is 7.28. The van der Waals surface area contributed by atoms with E-state index in [1.54, 1.807) is 6.92 Å². The molecular weight excluding hydrogens is 282 g/mol. The van der Waals surface area contributed by atoms with Crippen molar-refractivity contribution in [2.24, 2.45) is 0 Å². The largest absolute Gasteiger partial charge is 0.387 e. The van der Waals surface area contributed by atoms with E-state index >= 15 is 0 Å². The van der Waals surface area contributed by atoms with E-state index < -0.39 is 6.10 Å². The lowest BCUT2D eigenvalue weighted by atomic mass is 10.0. The van der Waals surface area contributed by atoms with E-state index in [4.69, 9.17) is 4.52 Å². The number of aliphatic hydroxyl groups is 1. The number of likely N-dealkylation sites (N-methyl/N-ethyl adjacent to an activating group) is 1. The van der Waals surface area contributed by atoms with Crippen molar-refractivity contribution in [3.05, 3.63) is 46.8 Å². The number of aryl methyl sites for hydroxylation is 1. The minimum atomic E-state index is -0.736. The number of nitrogens with zero attached hydrogens (tertiary/aromatic N) is 2. The molecule has 0 fully saturated rings. The maximum atomic E-state index is 12.0. The molecule has 6 nitrogen and oxygen atoms in total. The summed E-state index contributed by atoms with van der Waals surface area (Å²) in [5, 5.41) is 16.5. The lowest BCUT2D eigenvalue weighted by Gasteiger charge is -2.15. The van der Waals surface area contributed by atoms with E-state index in [9.17, 15) is 9.90 Å². The second-order valence-corrected chi connectivity index (χ2v) is 5.58. The summed E-state index contributed by atoms with van der Waals surface area (Å²) in [6.07, 6.45) is 1.63. The topological polar surface area (TPSA) is 78.6 Å². The molecule has 0 spiro atoms. The highest BCUT2D eigenvalue weighted by Crippen LogP contribution is 2.29. The van der Waals surface area contributed by atoms with Crippen LogP contribution in [0.5, 0.6) is 0 Å². The summed E-state index contributed by atoms with van der Waals surface area (Å²) in [6, 6.07) is 5.94. The predicted octanol–water partition coefficient (Wildman–Crippen LogP) is 1.44. The van der Waals surface area contributed by atoms with Gasteiger partial charge in [0, 0.05) is 25.8 Å². The number of aliphatic hydroxyl groups excluding tert-OH is 1. The van der Waals surface area contributed by atoms with Gasteiger partial charge in [0.15, 0.2) is 0 Å². The Hall–Kier alpha value is -2.34. The van der Waals surface area contributed by atoms with Gasteiger partial charge in [-0.25, -0.2) is 0 Å². The molecule has 0 bridgehead atoms. The SMILES string of the molecule is Cc1oncc1C(=O)NCC(O)c1ccc2c(c1)CCN2C. The van der Waals surface area contributed by atoms with Gasteiger partial charge >= 0.3 is 0 Å². The Morgan fingerprint density at radius 1 is 1.55 bits per heavy atom. The van der Waals surface area contributed by atoms with E-state index in [1.807, 2.05) is 18.2 Å². The molecule has 1 aromatic heterocycles. The summed E-state index contributed by atoms with van der Waals surface area (Å²) in [4.78, 5) is 14.2. The molecule has 0 aliphatic carbocycles. The molecule has 1 atom stereocenters.